The van der Waals surface area contributed by atoms with Crippen LogP contribution in [0.5, 0.6) is 0 Å². The molecule has 0 heterocycles. The van der Waals surface area contributed by atoms with E-state index in [1.807, 2.05) is 13.8 Å². The quantitative estimate of drug-likeness (QED) is 0.385. The molecular formula is C13H24O6S. The van der Waals surface area contributed by atoms with Crippen LogP contribution in [0.25, 0.3) is 0 Å². The summed E-state index contributed by atoms with van der Waals surface area (Å²) in [5.74, 6) is -0.640. The second-order valence-corrected chi connectivity index (χ2v) is 6.63. The van der Waals surface area contributed by atoms with Crippen molar-refractivity contribution in [2.75, 3.05) is 12.9 Å². The number of allylic oxidation sites excluding steroid dienone is 1. The number of ether oxygens (including phenoxy) is 2. The standard InChI is InChI=1S/C13H24O6S/c1-9(2)7-8-17-12(13(14)18-10(3)4)11(5)19-20(6,15)16/h7,10-12H,8H2,1-6H3. The number of carbonyl (C=O) groups is 1. The van der Waals surface area contributed by atoms with Gasteiger partial charge in [0.2, 0.25) is 0 Å². The van der Waals surface area contributed by atoms with Crippen molar-refractivity contribution in [3.8, 4) is 0 Å². The zero-order valence-corrected chi connectivity index (χ0v) is 13.7. The van der Waals surface area contributed by atoms with Crippen molar-refractivity contribution in [3.63, 3.8) is 0 Å². The van der Waals surface area contributed by atoms with Crippen LogP contribution in [0.3, 0.4) is 0 Å². The van der Waals surface area contributed by atoms with E-state index in [-0.39, 0.29) is 12.7 Å². The Morgan fingerprint density at radius 1 is 1.20 bits per heavy atom. The molecule has 2 atom stereocenters. The van der Waals surface area contributed by atoms with E-state index in [9.17, 15) is 13.2 Å². The first kappa shape index (κ1) is 19.1. The Bertz CT molecular complexity index is 434. The highest BCUT2D eigenvalue weighted by molar-refractivity contribution is 7.86. The molecule has 0 radical (unpaired) electrons. The third kappa shape index (κ3) is 9.06. The fourth-order valence-electron chi connectivity index (χ4n) is 1.34. The van der Waals surface area contributed by atoms with Gasteiger partial charge in [-0.15, -0.1) is 0 Å². The third-order valence-electron chi connectivity index (χ3n) is 2.10. The second kappa shape index (κ2) is 8.39. The van der Waals surface area contributed by atoms with Gasteiger partial charge in [-0.1, -0.05) is 11.6 Å². The summed E-state index contributed by atoms with van der Waals surface area (Å²) in [7, 11) is -3.67. The van der Waals surface area contributed by atoms with Crippen molar-refractivity contribution in [1.29, 1.82) is 0 Å². The minimum atomic E-state index is -3.67. The van der Waals surface area contributed by atoms with Crippen LogP contribution in [0, 0.1) is 0 Å². The Hall–Kier alpha value is -0.920. The Morgan fingerprint density at radius 2 is 1.75 bits per heavy atom. The molecule has 6 nitrogen and oxygen atoms in total. The Labute approximate surface area is 121 Å². The average molecular weight is 308 g/mol. The topological polar surface area (TPSA) is 78.9 Å². The largest absolute Gasteiger partial charge is 0.461 e. The van der Waals surface area contributed by atoms with E-state index in [0.29, 0.717) is 0 Å². The molecule has 20 heavy (non-hydrogen) atoms. The predicted octanol–water partition coefficient (Wildman–Crippen LogP) is 1.65. The maximum atomic E-state index is 11.9. The van der Waals surface area contributed by atoms with Gasteiger partial charge in [0.15, 0.2) is 6.10 Å². The van der Waals surface area contributed by atoms with Gasteiger partial charge < -0.3 is 9.47 Å². The van der Waals surface area contributed by atoms with Gasteiger partial charge in [0.1, 0.15) is 6.10 Å². The van der Waals surface area contributed by atoms with Crippen LogP contribution in [0.2, 0.25) is 0 Å². The molecule has 0 saturated carbocycles. The molecular weight excluding hydrogens is 284 g/mol. The number of rotatable bonds is 8. The highest BCUT2D eigenvalue weighted by Crippen LogP contribution is 2.11. The van der Waals surface area contributed by atoms with Crippen LogP contribution < -0.4 is 0 Å². The summed E-state index contributed by atoms with van der Waals surface area (Å²) in [5.41, 5.74) is 1.03. The molecule has 0 spiro atoms. The molecule has 0 aromatic heterocycles. The number of hydrogen-bond donors (Lipinski definition) is 0. The van der Waals surface area contributed by atoms with Gasteiger partial charge in [-0.25, -0.2) is 4.79 Å². The Balaban J connectivity index is 4.85. The fraction of sp³-hybridized carbons (Fsp3) is 0.769. The van der Waals surface area contributed by atoms with Gasteiger partial charge in [0.05, 0.1) is 19.0 Å². The molecule has 0 rings (SSSR count). The van der Waals surface area contributed by atoms with Crippen molar-refractivity contribution in [3.05, 3.63) is 11.6 Å². The number of hydrogen-bond acceptors (Lipinski definition) is 6. The lowest BCUT2D eigenvalue weighted by Gasteiger charge is -2.22. The lowest BCUT2D eigenvalue weighted by atomic mass is 10.2. The molecule has 0 amide bonds. The zero-order valence-electron chi connectivity index (χ0n) is 12.9. The number of carbonyl (C=O) groups excluding carboxylic acids is 1. The van der Waals surface area contributed by atoms with Crippen LogP contribution in [-0.2, 0) is 28.6 Å². The van der Waals surface area contributed by atoms with E-state index < -0.39 is 28.3 Å². The Kier molecular flexibility index (Phi) is 8.00. The van der Waals surface area contributed by atoms with Crippen molar-refractivity contribution in [1.82, 2.24) is 0 Å². The van der Waals surface area contributed by atoms with Crippen molar-refractivity contribution in [2.45, 2.75) is 52.9 Å². The van der Waals surface area contributed by atoms with E-state index >= 15 is 0 Å². The summed E-state index contributed by atoms with van der Waals surface area (Å²) in [6.45, 7) is 8.82. The summed E-state index contributed by atoms with van der Waals surface area (Å²) in [5, 5.41) is 0. The molecule has 0 aliphatic rings. The second-order valence-electron chi connectivity index (χ2n) is 5.03. The number of esters is 1. The average Bonchev–Trinajstić information content (AvgIpc) is 2.19. The minimum Gasteiger partial charge on any atom is -0.461 e. The molecule has 0 aromatic rings. The van der Waals surface area contributed by atoms with Crippen LogP contribution in [0.1, 0.15) is 34.6 Å². The van der Waals surface area contributed by atoms with Gasteiger partial charge >= 0.3 is 5.97 Å². The first-order chi connectivity index (χ1) is 9.03. The molecule has 0 aliphatic heterocycles. The van der Waals surface area contributed by atoms with Crippen molar-refractivity contribution < 1.29 is 26.9 Å². The maximum absolute atomic E-state index is 11.9. The van der Waals surface area contributed by atoms with E-state index in [2.05, 4.69) is 0 Å². The lowest BCUT2D eigenvalue weighted by molar-refractivity contribution is -0.165. The minimum absolute atomic E-state index is 0.178. The molecule has 0 bridgehead atoms. The smallest absolute Gasteiger partial charge is 0.338 e. The molecule has 0 aromatic carbocycles. The summed E-state index contributed by atoms with van der Waals surface area (Å²) in [4.78, 5) is 11.9. The summed E-state index contributed by atoms with van der Waals surface area (Å²) in [6, 6.07) is 0. The molecule has 118 valence electrons. The van der Waals surface area contributed by atoms with Gasteiger partial charge in [-0.2, -0.15) is 8.42 Å². The predicted molar refractivity (Wildman–Crippen MR) is 75.8 cm³/mol. The highest BCUT2D eigenvalue weighted by Gasteiger charge is 2.31. The normalized spacial score (nSPS) is 14.8. The van der Waals surface area contributed by atoms with Gasteiger partial charge in [-0.3, -0.25) is 4.18 Å². The molecule has 0 aliphatic carbocycles. The zero-order chi connectivity index (χ0) is 15.9. The van der Waals surface area contributed by atoms with E-state index in [4.69, 9.17) is 13.7 Å². The monoisotopic (exact) mass is 308 g/mol. The highest BCUT2D eigenvalue weighted by atomic mass is 32.2. The van der Waals surface area contributed by atoms with E-state index in [1.165, 1.54) is 6.92 Å². The van der Waals surface area contributed by atoms with Crippen LogP contribution >= 0.6 is 0 Å². The lowest BCUT2D eigenvalue weighted by Crippen LogP contribution is -2.40. The Morgan fingerprint density at radius 3 is 2.15 bits per heavy atom. The summed E-state index contributed by atoms with van der Waals surface area (Å²) >= 11 is 0. The van der Waals surface area contributed by atoms with Crippen molar-refractivity contribution >= 4 is 16.1 Å². The summed E-state index contributed by atoms with van der Waals surface area (Å²) < 4.78 is 37.5. The molecule has 2 unspecified atom stereocenters. The van der Waals surface area contributed by atoms with Gasteiger partial charge in [-0.05, 0) is 34.6 Å². The van der Waals surface area contributed by atoms with Gasteiger partial charge in [0, 0.05) is 0 Å². The maximum Gasteiger partial charge on any atom is 0.338 e. The van der Waals surface area contributed by atoms with E-state index in [0.717, 1.165) is 11.8 Å². The molecule has 7 heteroatoms. The third-order valence-corrected chi connectivity index (χ3v) is 2.76. The molecule has 0 fully saturated rings. The van der Waals surface area contributed by atoms with E-state index in [1.54, 1.807) is 19.9 Å². The summed E-state index contributed by atoms with van der Waals surface area (Å²) in [6.07, 6.45) is 0.333. The first-order valence-corrected chi connectivity index (χ1v) is 8.18. The van der Waals surface area contributed by atoms with Gasteiger partial charge in [0.25, 0.3) is 10.1 Å². The first-order valence-electron chi connectivity index (χ1n) is 6.36. The van der Waals surface area contributed by atoms with Crippen LogP contribution in [-0.4, -0.2) is 45.6 Å². The van der Waals surface area contributed by atoms with Crippen LogP contribution in [0.15, 0.2) is 11.6 Å². The SMILES string of the molecule is CC(C)=CCOC(C(=O)OC(C)C)C(C)OS(C)(=O)=O. The van der Waals surface area contributed by atoms with Crippen molar-refractivity contribution in [2.24, 2.45) is 0 Å². The van der Waals surface area contributed by atoms with Crippen LogP contribution in [0.4, 0.5) is 0 Å². The molecule has 0 saturated heterocycles. The fourth-order valence-corrected chi connectivity index (χ4v) is 1.99. The molecule has 0 N–H and O–H groups in total.